The molecule has 1 atom stereocenters. The Balaban J connectivity index is 1.41. The Hall–Kier alpha value is -3.53. The van der Waals surface area contributed by atoms with Crippen LogP contribution in [0.15, 0.2) is 47.6 Å². The first-order valence-electron chi connectivity index (χ1n) is 10.9. The van der Waals surface area contributed by atoms with Crippen LogP contribution in [0.4, 0.5) is 5.69 Å². The number of amides is 2. The van der Waals surface area contributed by atoms with E-state index >= 15 is 0 Å². The molecule has 9 nitrogen and oxygen atoms in total. The van der Waals surface area contributed by atoms with E-state index in [4.69, 9.17) is 9.47 Å². The average molecular weight is 482 g/mol. The van der Waals surface area contributed by atoms with Crippen LogP contribution in [0.2, 0.25) is 0 Å². The van der Waals surface area contributed by atoms with Crippen molar-refractivity contribution in [2.75, 3.05) is 17.9 Å². The van der Waals surface area contributed by atoms with E-state index in [9.17, 15) is 9.59 Å². The number of rotatable bonds is 8. The second-order valence-corrected chi connectivity index (χ2v) is 9.31. The zero-order chi connectivity index (χ0) is 24.2. The number of hydrogen-bond donors (Lipinski definition) is 2. The van der Waals surface area contributed by atoms with E-state index in [-0.39, 0.29) is 36.3 Å². The highest BCUT2D eigenvalue weighted by atomic mass is 32.2. The van der Waals surface area contributed by atoms with Crippen LogP contribution in [0.5, 0.6) is 11.5 Å². The van der Waals surface area contributed by atoms with Gasteiger partial charge in [-0.15, -0.1) is 10.2 Å². The number of carbonyl (C=O) groups excluding carboxylic acids is 2. The second-order valence-electron chi connectivity index (χ2n) is 8.37. The predicted molar refractivity (Wildman–Crippen MR) is 129 cm³/mol. The third-order valence-electron chi connectivity index (χ3n) is 5.40. The van der Waals surface area contributed by atoms with Gasteiger partial charge in [-0.2, -0.15) is 0 Å². The maximum atomic E-state index is 12.9. The molecule has 0 radical (unpaired) electrons. The first-order valence-corrected chi connectivity index (χ1v) is 11.9. The van der Waals surface area contributed by atoms with Gasteiger partial charge in [-0.3, -0.25) is 9.59 Å². The molecule has 2 N–H and O–H groups in total. The van der Waals surface area contributed by atoms with Gasteiger partial charge in [0, 0.05) is 18.3 Å². The van der Waals surface area contributed by atoms with E-state index in [2.05, 4.69) is 20.8 Å². The minimum atomic E-state index is -0.369. The molecular weight excluding hydrogens is 454 g/mol. The Kier molecular flexibility index (Phi) is 7.06. The normalized spacial score (nSPS) is 13.1. The van der Waals surface area contributed by atoms with Gasteiger partial charge in [0.05, 0.1) is 11.8 Å². The number of hydrogen-bond acceptors (Lipinski definition) is 7. The van der Waals surface area contributed by atoms with Crippen molar-refractivity contribution in [3.63, 3.8) is 0 Å². The lowest BCUT2D eigenvalue weighted by molar-refractivity contribution is -0.113. The molecule has 1 unspecified atom stereocenters. The largest absolute Gasteiger partial charge is 0.454 e. The highest BCUT2D eigenvalue weighted by Crippen LogP contribution is 2.33. The summed E-state index contributed by atoms with van der Waals surface area (Å²) >= 11 is 1.29. The SMILES string of the molecule is Cc1ccc(NC(=O)CSc2nnc(C(NC(=O)c3ccc4c(c3)OCO4)C(C)C)n2C)cc1. The van der Waals surface area contributed by atoms with E-state index < -0.39 is 0 Å². The van der Waals surface area contributed by atoms with Gasteiger partial charge in [0.25, 0.3) is 5.91 Å². The van der Waals surface area contributed by atoms with E-state index in [1.807, 2.05) is 56.7 Å². The molecule has 0 bridgehead atoms. The van der Waals surface area contributed by atoms with Crippen LogP contribution < -0.4 is 20.1 Å². The smallest absolute Gasteiger partial charge is 0.252 e. The fourth-order valence-electron chi connectivity index (χ4n) is 3.48. The Morgan fingerprint density at radius 1 is 1.09 bits per heavy atom. The van der Waals surface area contributed by atoms with E-state index in [1.165, 1.54) is 11.8 Å². The molecule has 0 spiro atoms. The molecule has 1 aliphatic heterocycles. The van der Waals surface area contributed by atoms with Gasteiger partial charge in [0.2, 0.25) is 12.7 Å². The van der Waals surface area contributed by atoms with Crippen molar-refractivity contribution in [3.8, 4) is 11.5 Å². The van der Waals surface area contributed by atoms with Gasteiger partial charge < -0.3 is 24.7 Å². The number of carbonyl (C=O) groups is 2. The standard InChI is InChI=1S/C24H27N5O4S/c1-14(2)21(26-23(31)16-7-10-18-19(11-16)33-13-32-18)22-27-28-24(29(22)4)34-12-20(30)25-17-8-5-15(3)6-9-17/h5-11,14,21H,12-13H2,1-4H3,(H,25,30)(H,26,31). The molecule has 2 amide bonds. The molecule has 1 aliphatic rings. The fraction of sp³-hybridized carbons (Fsp3) is 0.333. The molecule has 0 aliphatic carbocycles. The Morgan fingerprint density at radius 3 is 2.56 bits per heavy atom. The van der Waals surface area contributed by atoms with Crippen molar-refractivity contribution >= 4 is 29.3 Å². The average Bonchev–Trinajstić information content (AvgIpc) is 3.43. The minimum Gasteiger partial charge on any atom is -0.454 e. The third kappa shape index (κ3) is 5.33. The predicted octanol–water partition coefficient (Wildman–Crippen LogP) is 3.71. The second kappa shape index (κ2) is 10.2. The zero-order valence-electron chi connectivity index (χ0n) is 19.5. The van der Waals surface area contributed by atoms with Gasteiger partial charge in [-0.05, 0) is 43.2 Å². The van der Waals surface area contributed by atoms with Crippen LogP contribution in [0.25, 0.3) is 0 Å². The molecule has 3 aromatic rings. The van der Waals surface area contributed by atoms with Crippen molar-refractivity contribution in [1.29, 1.82) is 0 Å². The molecule has 2 aromatic carbocycles. The molecule has 0 fully saturated rings. The third-order valence-corrected chi connectivity index (χ3v) is 6.42. The van der Waals surface area contributed by atoms with Crippen LogP contribution in [0.1, 0.15) is 41.6 Å². The summed E-state index contributed by atoms with van der Waals surface area (Å²) < 4.78 is 12.5. The number of aryl methyl sites for hydroxylation is 1. The number of thioether (sulfide) groups is 1. The summed E-state index contributed by atoms with van der Waals surface area (Å²) in [5, 5.41) is 15.1. The first-order chi connectivity index (χ1) is 16.3. The number of fused-ring (bicyclic) bond motifs is 1. The molecule has 10 heteroatoms. The summed E-state index contributed by atoms with van der Waals surface area (Å²) in [5.41, 5.74) is 2.35. The minimum absolute atomic E-state index is 0.0588. The Morgan fingerprint density at radius 2 is 1.82 bits per heavy atom. The topological polar surface area (TPSA) is 107 Å². The summed E-state index contributed by atoms with van der Waals surface area (Å²) in [6.45, 7) is 6.15. The van der Waals surface area contributed by atoms with Crippen LogP contribution in [-0.4, -0.2) is 39.1 Å². The zero-order valence-corrected chi connectivity index (χ0v) is 20.3. The fourth-order valence-corrected chi connectivity index (χ4v) is 4.20. The van der Waals surface area contributed by atoms with Crippen molar-refractivity contribution in [2.24, 2.45) is 13.0 Å². The van der Waals surface area contributed by atoms with Crippen molar-refractivity contribution in [3.05, 3.63) is 59.4 Å². The Labute approximate surface area is 202 Å². The van der Waals surface area contributed by atoms with E-state index in [1.54, 1.807) is 18.2 Å². The summed E-state index contributed by atoms with van der Waals surface area (Å²) in [4.78, 5) is 25.3. The van der Waals surface area contributed by atoms with Crippen LogP contribution in [-0.2, 0) is 11.8 Å². The first kappa shape index (κ1) is 23.6. The molecule has 0 saturated heterocycles. The number of benzene rings is 2. The summed E-state index contributed by atoms with van der Waals surface area (Å²) in [7, 11) is 1.83. The van der Waals surface area contributed by atoms with Crippen molar-refractivity contribution in [2.45, 2.75) is 32.0 Å². The van der Waals surface area contributed by atoms with Gasteiger partial charge in [0.1, 0.15) is 0 Å². The lowest BCUT2D eigenvalue weighted by atomic mass is 10.0. The van der Waals surface area contributed by atoms with Crippen LogP contribution in [0, 0.1) is 12.8 Å². The van der Waals surface area contributed by atoms with Gasteiger partial charge in [-0.1, -0.05) is 43.3 Å². The maximum Gasteiger partial charge on any atom is 0.252 e. The van der Waals surface area contributed by atoms with Gasteiger partial charge >= 0.3 is 0 Å². The maximum absolute atomic E-state index is 12.9. The van der Waals surface area contributed by atoms with Crippen molar-refractivity contribution < 1.29 is 19.1 Å². The number of aromatic nitrogens is 3. The highest BCUT2D eigenvalue weighted by Gasteiger charge is 2.26. The molecule has 178 valence electrons. The number of nitrogens with one attached hydrogen (secondary N) is 2. The molecular formula is C24H27N5O4S. The Bertz CT molecular complexity index is 1190. The van der Waals surface area contributed by atoms with E-state index in [0.29, 0.717) is 28.0 Å². The molecule has 0 saturated carbocycles. The lowest BCUT2D eigenvalue weighted by Crippen LogP contribution is -2.33. The monoisotopic (exact) mass is 481 g/mol. The summed E-state index contributed by atoms with van der Waals surface area (Å²) in [5.74, 6) is 1.67. The number of anilines is 1. The van der Waals surface area contributed by atoms with E-state index in [0.717, 1.165) is 11.3 Å². The number of ether oxygens (including phenoxy) is 2. The summed E-state index contributed by atoms with van der Waals surface area (Å²) in [6, 6.07) is 12.3. The molecule has 34 heavy (non-hydrogen) atoms. The van der Waals surface area contributed by atoms with Gasteiger partial charge in [-0.25, -0.2) is 0 Å². The number of nitrogens with zero attached hydrogens (tertiary/aromatic N) is 3. The van der Waals surface area contributed by atoms with Gasteiger partial charge in [0.15, 0.2) is 22.5 Å². The summed E-state index contributed by atoms with van der Waals surface area (Å²) in [6.07, 6.45) is 0. The molecule has 1 aromatic heterocycles. The highest BCUT2D eigenvalue weighted by molar-refractivity contribution is 7.99. The lowest BCUT2D eigenvalue weighted by Gasteiger charge is -2.21. The molecule has 4 rings (SSSR count). The quantitative estimate of drug-likeness (QED) is 0.472. The van der Waals surface area contributed by atoms with Crippen LogP contribution >= 0.6 is 11.8 Å². The van der Waals surface area contributed by atoms with Crippen molar-refractivity contribution in [1.82, 2.24) is 20.1 Å². The molecule has 2 heterocycles. The van der Waals surface area contributed by atoms with Crippen LogP contribution in [0.3, 0.4) is 0 Å².